The summed E-state index contributed by atoms with van der Waals surface area (Å²) in [6, 6.07) is -3.02. The van der Waals surface area contributed by atoms with Crippen LogP contribution in [0.2, 0.25) is 0 Å². The van der Waals surface area contributed by atoms with Crippen LogP contribution in [-0.2, 0) is 42.7 Å². The number of hydrogen-bond donors (Lipinski definition) is 14. The molecule has 2 amide bonds. The maximum atomic E-state index is 12.2. The van der Waals surface area contributed by atoms with E-state index < -0.39 is 161 Å². The highest BCUT2D eigenvalue weighted by Gasteiger charge is 2.54. The van der Waals surface area contributed by atoms with Gasteiger partial charge in [0.15, 0.2) is 25.2 Å². The van der Waals surface area contributed by atoms with Crippen LogP contribution in [0.15, 0.2) is 0 Å². The fraction of sp³-hybridized carbons (Fsp3) is 0.929. The Balaban J connectivity index is 1.50. The number of carbonyl (C=O) groups is 2. The predicted octanol–water partition coefficient (Wildman–Crippen LogP) is -9.46. The van der Waals surface area contributed by atoms with E-state index in [0.29, 0.717) is 0 Å². The zero-order valence-corrected chi connectivity index (χ0v) is 27.4. The van der Waals surface area contributed by atoms with Gasteiger partial charge >= 0.3 is 0 Å². The lowest BCUT2D eigenvalue weighted by molar-refractivity contribution is -0.365. The quantitative estimate of drug-likeness (QED) is 0.0881. The summed E-state index contributed by atoms with van der Waals surface area (Å²) in [4.78, 5) is 23.9. The third-order valence-corrected chi connectivity index (χ3v) is 8.99. The Kier molecular flexibility index (Phi) is 14.8. The average Bonchev–Trinajstić information content (AvgIpc) is 3.09. The minimum atomic E-state index is -2.00. The molecular weight excluding hydrogens is 700 g/mol. The van der Waals surface area contributed by atoms with Crippen molar-refractivity contribution in [2.75, 3.05) is 26.4 Å². The largest absolute Gasteiger partial charge is 0.394 e. The second-order valence-electron chi connectivity index (χ2n) is 12.7. The molecule has 23 heteroatoms. The maximum Gasteiger partial charge on any atom is 0.217 e. The lowest BCUT2D eigenvalue weighted by Gasteiger charge is -2.49. The molecule has 51 heavy (non-hydrogen) atoms. The van der Waals surface area contributed by atoms with Crippen LogP contribution in [-0.4, -0.2) is 222 Å². The number of amides is 2. The van der Waals surface area contributed by atoms with Gasteiger partial charge < -0.3 is 105 Å². The van der Waals surface area contributed by atoms with Crippen LogP contribution >= 0.6 is 0 Å². The molecule has 0 aromatic heterocycles. The second kappa shape index (κ2) is 18.0. The summed E-state index contributed by atoms with van der Waals surface area (Å²) < 4.78 is 38.9. The lowest BCUT2D eigenvalue weighted by atomic mass is 9.94. The van der Waals surface area contributed by atoms with Crippen LogP contribution in [0.4, 0.5) is 0 Å². The fourth-order valence-electron chi connectivity index (χ4n) is 6.25. The van der Waals surface area contributed by atoms with Crippen molar-refractivity contribution in [3.8, 4) is 0 Å². The average molecular weight is 749 g/mol. The van der Waals surface area contributed by atoms with Crippen LogP contribution in [0.5, 0.6) is 0 Å². The van der Waals surface area contributed by atoms with Gasteiger partial charge in [-0.15, -0.1) is 0 Å². The number of ether oxygens (including phenoxy) is 7. The molecule has 0 aromatic carbocycles. The monoisotopic (exact) mass is 748 g/mol. The van der Waals surface area contributed by atoms with E-state index in [4.69, 9.17) is 33.2 Å². The first-order valence-corrected chi connectivity index (χ1v) is 16.1. The van der Waals surface area contributed by atoms with Gasteiger partial charge in [-0.3, -0.25) is 9.59 Å². The van der Waals surface area contributed by atoms with Crippen LogP contribution < -0.4 is 10.6 Å². The van der Waals surface area contributed by atoms with Crippen molar-refractivity contribution in [1.82, 2.24) is 10.6 Å². The van der Waals surface area contributed by atoms with Crippen molar-refractivity contribution in [2.45, 2.75) is 137 Å². The van der Waals surface area contributed by atoms with E-state index in [-0.39, 0.29) is 0 Å². The van der Waals surface area contributed by atoms with E-state index in [9.17, 15) is 70.9 Å². The number of hydrogen-bond acceptors (Lipinski definition) is 21. The third kappa shape index (κ3) is 9.29. The van der Waals surface area contributed by atoms with Crippen molar-refractivity contribution in [3.63, 3.8) is 0 Å². The van der Waals surface area contributed by atoms with Crippen LogP contribution in [0.25, 0.3) is 0 Å². The smallest absolute Gasteiger partial charge is 0.217 e. The van der Waals surface area contributed by atoms with Crippen molar-refractivity contribution >= 4 is 11.8 Å². The van der Waals surface area contributed by atoms with Crippen molar-refractivity contribution < 1.29 is 104 Å². The summed E-state index contributed by atoms with van der Waals surface area (Å²) >= 11 is 0. The van der Waals surface area contributed by atoms with E-state index in [0.717, 1.165) is 13.8 Å². The van der Waals surface area contributed by atoms with Crippen LogP contribution in [0.3, 0.4) is 0 Å². The predicted molar refractivity (Wildman–Crippen MR) is 157 cm³/mol. The van der Waals surface area contributed by atoms with E-state index in [2.05, 4.69) is 10.6 Å². The lowest BCUT2D eigenvalue weighted by Crippen LogP contribution is -2.70. The van der Waals surface area contributed by atoms with Gasteiger partial charge in [0.2, 0.25) is 11.8 Å². The molecular formula is C28H48N2O21. The fourth-order valence-corrected chi connectivity index (χ4v) is 6.25. The second-order valence-corrected chi connectivity index (χ2v) is 12.7. The summed E-state index contributed by atoms with van der Waals surface area (Å²) in [6.45, 7) is -0.998. The SMILES string of the molecule is CC(=O)N[C@H]1[C@H](O[C@H]2[C@H](O)[C@@H](NC(C)=O)C(O)O[C@@H]2CO)O[C@H](CO)[C@@H](O[C@@H]2O[C@H](CO[C@H]3O[C@H](CO)[C@@H](O)[C@H](O)[C@@H]3O)[C@@H](O)[C@H](O)[C@@H]2O)[C@@H]1O. The molecule has 20 atom stereocenters. The highest BCUT2D eigenvalue weighted by atomic mass is 16.8. The Hall–Kier alpha value is -1.82. The minimum absolute atomic E-state index is 0.656. The summed E-state index contributed by atoms with van der Waals surface area (Å²) in [5, 5.41) is 129. The number of rotatable bonds is 12. The Morgan fingerprint density at radius 3 is 1.49 bits per heavy atom. The van der Waals surface area contributed by atoms with Gasteiger partial charge in [0, 0.05) is 13.8 Å². The first kappa shape index (κ1) is 41.9. The van der Waals surface area contributed by atoms with Gasteiger partial charge in [0.25, 0.3) is 0 Å². The van der Waals surface area contributed by atoms with E-state index in [1.54, 1.807) is 0 Å². The number of carbonyl (C=O) groups excluding carboxylic acids is 2. The molecule has 4 heterocycles. The Bertz CT molecular complexity index is 1140. The molecule has 4 fully saturated rings. The Morgan fingerprint density at radius 1 is 0.510 bits per heavy atom. The number of aliphatic hydroxyl groups excluding tert-OH is 12. The Labute approximate surface area is 289 Å². The summed E-state index contributed by atoms with van der Waals surface area (Å²) in [5.41, 5.74) is 0. The van der Waals surface area contributed by atoms with Crippen LogP contribution in [0.1, 0.15) is 13.8 Å². The maximum absolute atomic E-state index is 12.2. The molecule has 296 valence electrons. The van der Waals surface area contributed by atoms with Gasteiger partial charge in [-0.05, 0) is 0 Å². The first-order valence-electron chi connectivity index (χ1n) is 16.1. The van der Waals surface area contributed by atoms with Crippen LogP contribution in [0, 0.1) is 0 Å². The molecule has 0 aliphatic carbocycles. The van der Waals surface area contributed by atoms with Gasteiger partial charge in [-0.1, -0.05) is 0 Å². The Morgan fingerprint density at radius 2 is 0.941 bits per heavy atom. The zero-order valence-electron chi connectivity index (χ0n) is 27.4. The molecule has 0 spiro atoms. The number of aliphatic hydroxyl groups is 12. The van der Waals surface area contributed by atoms with Crippen molar-refractivity contribution in [3.05, 3.63) is 0 Å². The molecule has 0 radical (unpaired) electrons. The summed E-state index contributed by atoms with van der Waals surface area (Å²) in [7, 11) is 0. The zero-order chi connectivity index (χ0) is 37.9. The van der Waals surface area contributed by atoms with Crippen molar-refractivity contribution in [2.24, 2.45) is 0 Å². The van der Waals surface area contributed by atoms with Gasteiger partial charge in [-0.2, -0.15) is 0 Å². The topological polar surface area (TPSA) is 366 Å². The molecule has 1 unspecified atom stereocenters. The van der Waals surface area contributed by atoms with Gasteiger partial charge in [-0.25, -0.2) is 0 Å². The number of nitrogens with one attached hydrogen (secondary N) is 2. The molecule has 4 aliphatic rings. The highest BCUT2D eigenvalue weighted by molar-refractivity contribution is 5.73. The molecule has 0 bridgehead atoms. The van der Waals surface area contributed by atoms with E-state index in [1.165, 1.54) is 0 Å². The third-order valence-electron chi connectivity index (χ3n) is 8.99. The molecule has 4 rings (SSSR count). The molecule has 23 nitrogen and oxygen atoms in total. The first-order chi connectivity index (χ1) is 24.0. The summed E-state index contributed by atoms with van der Waals surface area (Å²) in [6.07, 6.45) is -30.9. The van der Waals surface area contributed by atoms with E-state index in [1.807, 2.05) is 0 Å². The molecule has 14 N–H and O–H groups in total. The minimum Gasteiger partial charge on any atom is -0.394 e. The molecule has 4 saturated heterocycles. The standard InChI is InChI=1S/C28H48N2O21/c1-7(34)29-13-17(38)23(10(4-32)46-25(13)44)50-26-14(30-8(2)35)18(39)24(11(5-33)48-26)51-28-22(43)20(41)16(37)12(49-28)6-45-27-21(42)19(40)15(36)9(3-31)47-27/h9-28,31-33,36-44H,3-6H2,1-2H3,(H,29,34)(H,30,35)/t9-,10-,11-,12-,13-,14-,15-,16-,17-,18-,19+,20+,21+,22+,23-,24-,25?,26+,27+,28+/m1/s1. The molecule has 0 saturated carbocycles. The molecule has 0 aromatic rings. The van der Waals surface area contributed by atoms with Crippen molar-refractivity contribution in [1.29, 1.82) is 0 Å². The van der Waals surface area contributed by atoms with Gasteiger partial charge in [0.1, 0.15) is 97.5 Å². The van der Waals surface area contributed by atoms with E-state index >= 15 is 0 Å². The highest BCUT2D eigenvalue weighted by Crippen LogP contribution is 2.33. The normalized spacial score (nSPS) is 47.8. The summed E-state index contributed by atoms with van der Waals surface area (Å²) in [5.74, 6) is -1.39. The molecule has 4 aliphatic heterocycles. The van der Waals surface area contributed by atoms with Gasteiger partial charge in [0.05, 0.1) is 26.4 Å².